The Balaban J connectivity index is 1.75. The van der Waals surface area contributed by atoms with Crippen LogP contribution < -0.4 is 4.74 Å². The van der Waals surface area contributed by atoms with Crippen molar-refractivity contribution in [2.75, 3.05) is 0 Å². The van der Waals surface area contributed by atoms with E-state index in [9.17, 15) is 5.11 Å². The molecule has 0 bridgehead atoms. The van der Waals surface area contributed by atoms with Gasteiger partial charge in [0.2, 0.25) is 0 Å². The SMILES string of the molecule is CCC(c1ccc(O)cc1)c1ccc(OC2C[C@H]2C)cc1. The molecule has 110 valence electrons. The maximum atomic E-state index is 9.41. The van der Waals surface area contributed by atoms with Crippen LogP contribution in [-0.2, 0) is 0 Å². The number of benzene rings is 2. The van der Waals surface area contributed by atoms with E-state index in [-0.39, 0.29) is 0 Å². The lowest BCUT2D eigenvalue weighted by Gasteiger charge is -2.16. The normalized spacial score (nSPS) is 21.8. The monoisotopic (exact) mass is 282 g/mol. The zero-order chi connectivity index (χ0) is 14.8. The third-order valence-corrected chi connectivity index (χ3v) is 4.31. The lowest BCUT2D eigenvalue weighted by Crippen LogP contribution is -2.01. The van der Waals surface area contributed by atoms with Gasteiger partial charge >= 0.3 is 0 Å². The molecule has 1 aliphatic carbocycles. The number of phenolic OH excluding ortho intramolecular Hbond substituents is 1. The molecule has 2 aromatic carbocycles. The van der Waals surface area contributed by atoms with Crippen molar-refractivity contribution in [1.29, 1.82) is 0 Å². The molecular formula is C19H22O2. The van der Waals surface area contributed by atoms with Gasteiger partial charge in [-0.25, -0.2) is 0 Å². The van der Waals surface area contributed by atoms with Gasteiger partial charge in [-0.05, 0) is 54.2 Å². The van der Waals surface area contributed by atoms with E-state index >= 15 is 0 Å². The fourth-order valence-electron chi connectivity index (χ4n) is 2.78. The molecule has 3 rings (SSSR count). The molecule has 0 aliphatic heterocycles. The van der Waals surface area contributed by atoms with Crippen LogP contribution in [0.4, 0.5) is 0 Å². The summed E-state index contributed by atoms with van der Waals surface area (Å²) in [5.41, 5.74) is 2.53. The van der Waals surface area contributed by atoms with Gasteiger partial charge in [0.25, 0.3) is 0 Å². The summed E-state index contributed by atoms with van der Waals surface area (Å²) in [6.07, 6.45) is 2.62. The Morgan fingerprint density at radius 2 is 1.57 bits per heavy atom. The molecule has 2 heteroatoms. The van der Waals surface area contributed by atoms with Crippen LogP contribution in [0.2, 0.25) is 0 Å². The second-order valence-electron chi connectivity index (χ2n) is 5.99. The average Bonchev–Trinajstić information content (AvgIpc) is 3.19. The maximum Gasteiger partial charge on any atom is 0.119 e. The fraction of sp³-hybridized carbons (Fsp3) is 0.368. The van der Waals surface area contributed by atoms with Gasteiger partial charge in [0, 0.05) is 5.92 Å². The molecule has 2 unspecified atom stereocenters. The first-order valence-electron chi connectivity index (χ1n) is 7.73. The van der Waals surface area contributed by atoms with Crippen LogP contribution in [-0.4, -0.2) is 11.2 Å². The highest BCUT2D eigenvalue weighted by molar-refractivity contribution is 5.38. The predicted octanol–water partition coefficient (Wildman–Crippen LogP) is 4.72. The predicted molar refractivity (Wildman–Crippen MR) is 84.9 cm³/mol. The topological polar surface area (TPSA) is 29.5 Å². The molecule has 3 atom stereocenters. The maximum absolute atomic E-state index is 9.41. The summed E-state index contributed by atoms with van der Waals surface area (Å²) >= 11 is 0. The van der Waals surface area contributed by atoms with Crippen molar-refractivity contribution >= 4 is 0 Å². The quantitative estimate of drug-likeness (QED) is 0.859. The minimum Gasteiger partial charge on any atom is -0.508 e. The van der Waals surface area contributed by atoms with Gasteiger partial charge in [0.1, 0.15) is 17.6 Å². The first kappa shape index (κ1) is 14.0. The molecule has 1 N–H and O–H groups in total. The Labute approximate surface area is 126 Å². The van der Waals surface area contributed by atoms with Crippen LogP contribution >= 0.6 is 0 Å². The van der Waals surface area contributed by atoms with Crippen LogP contribution in [0.25, 0.3) is 0 Å². The minimum absolute atomic E-state index is 0.316. The van der Waals surface area contributed by atoms with Crippen LogP contribution in [0.15, 0.2) is 48.5 Å². The Bertz CT molecular complexity index is 586. The minimum atomic E-state index is 0.316. The largest absolute Gasteiger partial charge is 0.508 e. The van der Waals surface area contributed by atoms with E-state index in [4.69, 9.17) is 4.74 Å². The second kappa shape index (κ2) is 5.80. The second-order valence-corrected chi connectivity index (χ2v) is 5.99. The number of phenols is 1. The van der Waals surface area contributed by atoms with Gasteiger partial charge in [-0.1, -0.05) is 38.1 Å². The summed E-state index contributed by atoms with van der Waals surface area (Å²) in [6.45, 7) is 4.41. The third kappa shape index (κ3) is 3.21. The Morgan fingerprint density at radius 3 is 2.05 bits per heavy atom. The van der Waals surface area contributed by atoms with Gasteiger partial charge < -0.3 is 9.84 Å². The van der Waals surface area contributed by atoms with Gasteiger partial charge in [0.15, 0.2) is 0 Å². The molecule has 2 nitrogen and oxygen atoms in total. The van der Waals surface area contributed by atoms with Gasteiger partial charge in [-0.15, -0.1) is 0 Å². The molecule has 21 heavy (non-hydrogen) atoms. The van der Waals surface area contributed by atoms with E-state index in [2.05, 4.69) is 38.1 Å². The molecule has 0 amide bonds. The standard InChI is InChI=1S/C19H22O2/c1-3-18(14-4-8-16(20)9-5-14)15-6-10-17(11-7-15)21-19-12-13(19)2/h4-11,13,18-20H,3,12H2,1-2H3/t13-,18?,19?/m1/s1. The van der Waals surface area contributed by atoms with Crippen LogP contribution in [0.3, 0.4) is 0 Å². The van der Waals surface area contributed by atoms with Crippen LogP contribution in [0, 0.1) is 5.92 Å². The van der Waals surface area contributed by atoms with E-state index in [1.807, 2.05) is 12.1 Å². The summed E-state index contributed by atoms with van der Waals surface area (Å²) in [5.74, 6) is 2.34. The van der Waals surface area contributed by atoms with E-state index in [0.717, 1.165) is 12.2 Å². The number of hydrogen-bond donors (Lipinski definition) is 1. The van der Waals surface area contributed by atoms with Gasteiger partial charge in [0.05, 0.1) is 0 Å². The van der Waals surface area contributed by atoms with Gasteiger partial charge in [-0.3, -0.25) is 0 Å². The highest BCUT2D eigenvalue weighted by Gasteiger charge is 2.34. The molecule has 1 saturated carbocycles. The molecular weight excluding hydrogens is 260 g/mol. The van der Waals surface area contributed by atoms with Crippen LogP contribution in [0.1, 0.15) is 43.7 Å². The van der Waals surface area contributed by atoms with Gasteiger partial charge in [-0.2, -0.15) is 0 Å². The highest BCUT2D eigenvalue weighted by Crippen LogP contribution is 2.35. The highest BCUT2D eigenvalue weighted by atomic mass is 16.5. The smallest absolute Gasteiger partial charge is 0.119 e. The zero-order valence-corrected chi connectivity index (χ0v) is 12.6. The van der Waals surface area contributed by atoms with E-state index < -0.39 is 0 Å². The molecule has 2 aromatic rings. The molecule has 1 aliphatic rings. The number of aromatic hydroxyl groups is 1. The molecule has 0 spiro atoms. The first-order chi connectivity index (χ1) is 10.2. The average molecular weight is 282 g/mol. The zero-order valence-electron chi connectivity index (χ0n) is 12.6. The lowest BCUT2D eigenvalue weighted by atomic mass is 9.89. The number of rotatable bonds is 5. The molecule has 0 aromatic heterocycles. The van der Waals surface area contributed by atoms with Crippen molar-refractivity contribution in [3.8, 4) is 11.5 Å². The fourth-order valence-corrected chi connectivity index (χ4v) is 2.78. The molecule has 0 radical (unpaired) electrons. The van der Waals surface area contributed by atoms with E-state index in [0.29, 0.717) is 23.7 Å². The summed E-state index contributed by atoms with van der Waals surface area (Å²) in [7, 11) is 0. The van der Waals surface area contributed by atoms with Crippen LogP contribution in [0.5, 0.6) is 11.5 Å². The molecule has 0 saturated heterocycles. The number of hydrogen-bond acceptors (Lipinski definition) is 2. The van der Waals surface area contributed by atoms with Crippen molar-refractivity contribution in [3.63, 3.8) is 0 Å². The Morgan fingerprint density at radius 1 is 1.05 bits per heavy atom. The summed E-state index contributed by atoms with van der Waals surface area (Å²) in [6, 6.07) is 16.0. The van der Waals surface area contributed by atoms with Crippen molar-refractivity contribution in [2.24, 2.45) is 5.92 Å². The summed E-state index contributed by atoms with van der Waals surface area (Å²) in [5, 5.41) is 9.41. The summed E-state index contributed by atoms with van der Waals surface area (Å²) < 4.78 is 5.89. The van der Waals surface area contributed by atoms with Crippen molar-refractivity contribution < 1.29 is 9.84 Å². The van der Waals surface area contributed by atoms with Crippen molar-refractivity contribution in [1.82, 2.24) is 0 Å². The first-order valence-corrected chi connectivity index (χ1v) is 7.73. The molecule has 1 fully saturated rings. The Kier molecular flexibility index (Phi) is 3.87. The summed E-state index contributed by atoms with van der Waals surface area (Å²) in [4.78, 5) is 0. The van der Waals surface area contributed by atoms with Crippen molar-refractivity contribution in [2.45, 2.75) is 38.7 Å². The Hall–Kier alpha value is -1.96. The van der Waals surface area contributed by atoms with E-state index in [1.54, 1.807) is 12.1 Å². The lowest BCUT2D eigenvalue weighted by molar-refractivity contribution is 0.288. The number of ether oxygens (including phenoxy) is 1. The third-order valence-electron chi connectivity index (χ3n) is 4.31. The molecule has 0 heterocycles. The van der Waals surface area contributed by atoms with E-state index in [1.165, 1.54) is 17.5 Å². The van der Waals surface area contributed by atoms with Crippen molar-refractivity contribution in [3.05, 3.63) is 59.7 Å².